The molecule has 0 bridgehead atoms. The van der Waals surface area contributed by atoms with Gasteiger partial charge in [-0.05, 0) is 36.8 Å². The van der Waals surface area contributed by atoms with Gasteiger partial charge in [0.1, 0.15) is 11.2 Å². The second kappa shape index (κ2) is 4.06. The van der Waals surface area contributed by atoms with E-state index < -0.39 is 11.7 Å². The molecule has 0 atom stereocenters. The van der Waals surface area contributed by atoms with Crippen LogP contribution in [0.3, 0.4) is 0 Å². The zero-order valence-corrected chi connectivity index (χ0v) is 10.3. The van der Waals surface area contributed by atoms with Gasteiger partial charge < -0.3 is 4.42 Å². The summed E-state index contributed by atoms with van der Waals surface area (Å²) in [7, 11) is 0. The third-order valence-electron chi connectivity index (χ3n) is 3.00. The number of aryl methyl sites for hydroxylation is 1. The topological polar surface area (TPSA) is 43.1 Å². The Kier molecular flexibility index (Phi) is 2.57. The normalized spacial score (nSPS) is 12.2. The Morgan fingerprint density at radius 3 is 2.60 bits per heavy atom. The van der Waals surface area contributed by atoms with E-state index >= 15 is 0 Å². The van der Waals surface area contributed by atoms with E-state index in [1.807, 2.05) is 0 Å². The number of nitrogens with zero attached hydrogens (tertiary/aromatic N) is 1. The second-order valence-corrected chi connectivity index (χ2v) is 4.48. The molecule has 20 heavy (non-hydrogen) atoms. The third-order valence-corrected chi connectivity index (χ3v) is 3.00. The third kappa shape index (κ3) is 2.03. The minimum Gasteiger partial charge on any atom is -0.453 e. The van der Waals surface area contributed by atoms with Crippen LogP contribution in [-0.4, -0.2) is 4.98 Å². The Morgan fingerprint density at radius 1 is 1.15 bits per heavy atom. The summed E-state index contributed by atoms with van der Waals surface area (Å²) in [5, 5.41) is 0. The van der Waals surface area contributed by atoms with Crippen molar-refractivity contribution in [3.63, 3.8) is 0 Å². The standard InChI is InChI=1S/C14H8F3NO2/c1-7-4-9-13(6-11(7)19)20-12-3-2-8(14(15,16)17)5-10(12)18-9/h2-6H,1H3. The molecule has 0 saturated carbocycles. The monoisotopic (exact) mass is 279 g/mol. The fourth-order valence-corrected chi connectivity index (χ4v) is 1.94. The molecular weight excluding hydrogens is 271 g/mol. The van der Waals surface area contributed by atoms with Gasteiger partial charge >= 0.3 is 6.18 Å². The molecule has 6 heteroatoms. The number of aromatic nitrogens is 1. The molecule has 0 N–H and O–H groups in total. The Hall–Kier alpha value is -2.37. The van der Waals surface area contributed by atoms with Gasteiger partial charge in [0, 0.05) is 6.07 Å². The number of halogens is 3. The van der Waals surface area contributed by atoms with Crippen molar-refractivity contribution in [1.29, 1.82) is 0 Å². The zero-order chi connectivity index (χ0) is 14.5. The molecule has 0 spiro atoms. The first-order chi connectivity index (χ1) is 9.34. The minimum atomic E-state index is -4.43. The first-order valence-corrected chi connectivity index (χ1v) is 5.77. The maximum Gasteiger partial charge on any atom is 0.416 e. The van der Waals surface area contributed by atoms with Gasteiger partial charge in [0.25, 0.3) is 0 Å². The summed E-state index contributed by atoms with van der Waals surface area (Å²) in [4.78, 5) is 15.6. The summed E-state index contributed by atoms with van der Waals surface area (Å²) < 4.78 is 43.4. The Balaban J connectivity index is 2.32. The molecule has 0 unspecified atom stereocenters. The molecule has 1 aromatic carbocycles. The minimum absolute atomic E-state index is 0.102. The number of hydrogen-bond donors (Lipinski definition) is 0. The highest BCUT2D eigenvalue weighted by Crippen LogP contribution is 2.32. The van der Waals surface area contributed by atoms with E-state index in [-0.39, 0.29) is 22.3 Å². The van der Waals surface area contributed by atoms with Crippen molar-refractivity contribution in [2.75, 3.05) is 0 Å². The smallest absolute Gasteiger partial charge is 0.416 e. The first-order valence-electron chi connectivity index (χ1n) is 5.77. The second-order valence-electron chi connectivity index (χ2n) is 4.48. The first kappa shape index (κ1) is 12.7. The molecule has 0 aromatic heterocycles. The van der Waals surface area contributed by atoms with Crippen LogP contribution in [0, 0.1) is 6.92 Å². The van der Waals surface area contributed by atoms with Crippen molar-refractivity contribution in [2.45, 2.75) is 13.1 Å². The molecule has 0 radical (unpaired) electrons. The number of benzene rings is 2. The average molecular weight is 279 g/mol. The van der Waals surface area contributed by atoms with Crippen LogP contribution in [0.4, 0.5) is 13.2 Å². The van der Waals surface area contributed by atoms with Gasteiger partial charge in [-0.25, -0.2) is 4.98 Å². The van der Waals surface area contributed by atoms with Crippen LogP contribution in [0.5, 0.6) is 0 Å². The van der Waals surface area contributed by atoms with Crippen molar-refractivity contribution >= 4 is 11.1 Å². The number of alkyl halides is 3. The zero-order valence-electron chi connectivity index (χ0n) is 10.3. The molecule has 102 valence electrons. The highest BCUT2D eigenvalue weighted by molar-refractivity contribution is 5.77. The van der Waals surface area contributed by atoms with Gasteiger partial charge in [-0.1, -0.05) is 0 Å². The summed E-state index contributed by atoms with van der Waals surface area (Å²) in [6, 6.07) is 5.84. The molecule has 3 nitrogen and oxygen atoms in total. The van der Waals surface area contributed by atoms with E-state index in [9.17, 15) is 18.0 Å². The van der Waals surface area contributed by atoms with Crippen molar-refractivity contribution in [2.24, 2.45) is 0 Å². The molecule has 1 aliphatic heterocycles. The van der Waals surface area contributed by atoms with E-state index in [2.05, 4.69) is 4.98 Å². The maximum absolute atomic E-state index is 12.6. The predicted molar refractivity (Wildman–Crippen MR) is 66.6 cm³/mol. The van der Waals surface area contributed by atoms with E-state index in [1.165, 1.54) is 18.2 Å². The lowest BCUT2D eigenvalue weighted by molar-refractivity contribution is -0.137. The summed E-state index contributed by atoms with van der Waals surface area (Å²) in [5.74, 6) is 0.257. The number of rotatable bonds is 0. The summed E-state index contributed by atoms with van der Waals surface area (Å²) >= 11 is 0. The van der Waals surface area contributed by atoms with Gasteiger partial charge in [-0.2, -0.15) is 13.2 Å². The molecule has 3 rings (SSSR count). The molecule has 1 aliphatic carbocycles. The molecular formula is C14H8F3NO2. The van der Waals surface area contributed by atoms with E-state index in [0.29, 0.717) is 11.3 Å². The van der Waals surface area contributed by atoms with Crippen LogP contribution in [0.2, 0.25) is 0 Å². The highest BCUT2D eigenvalue weighted by atomic mass is 19.4. The number of fused-ring (bicyclic) bond motifs is 2. The fourth-order valence-electron chi connectivity index (χ4n) is 1.94. The highest BCUT2D eigenvalue weighted by Gasteiger charge is 2.30. The van der Waals surface area contributed by atoms with Crippen LogP contribution in [-0.2, 0) is 6.18 Å². The summed E-state index contributed by atoms with van der Waals surface area (Å²) in [6.45, 7) is 1.61. The van der Waals surface area contributed by atoms with Crippen LogP contribution < -0.4 is 5.43 Å². The lowest BCUT2D eigenvalue weighted by atomic mass is 10.1. The van der Waals surface area contributed by atoms with Gasteiger partial charge in [-0.15, -0.1) is 0 Å². The molecule has 2 aliphatic rings. The average Bonchev–Trinajstić information content (AvgIpc) is 2.36. The summed E-state index contributed by atoms with van der Waals surface area (Å²) in [6.07, 6.45) is -4.43. The van der Waals surface area contributed by atoms with Gasteiger partial charge in [0.15, 0.2) is 16.8 Å². The van der Waals surface area contributed by atoms with Crippen molar-refractivity contribution in [1.82, 2.24) is 4.98 Å². The predicted octanol–water partition coefficient (Wildman–Crippen LogP) is 3.62. The lowest BCUT2D eigenvalue weighted by Gasteiger charge is -2.09. The molecule has 0 fully saturated rings. The van der Waals surface area contributed by atoms with E-state index in [1.54, 1.807) is 6.92 Å². The molecule has 0 amide bonds. The Labute approximate surface area is 111 Å². The molecule has 1 aromatic rings. The van der Waals surface area contributed by atoms with Crippen molar-refractivity contribution in [3.05, 3.63) is 51.7 Å². The SMILES string of the molecule is Cc1cc2nc3cc(C(F)(F)F)ccc3oc-2cc1=O. The molecule has 1 heterocycles. The maximum atomic E-state index is 12.6. The van der Waals surface area contributed by atoms with E-state index in [4.69, 9.17) is 4.42 Å². The van der Waals surface area contributed by atoms with E-state index in [0.717, 1.165) is 12.1 Å². The van der Waals surface area contributed by atoms with Crippen molar-refractivity contribution < 1.29 is 17.6 Å². The quantitative estimate of drug-likeness (QED) is 0.590. The van der Waals surface area contributed by atoms with Crippen LogP contribution in [0.25, 0.3) is 22.6 Å². The molecule has 0 saturated heterocycles. The van der Waals surface area contributed by atoms with Crippen LogP contribution in [0.15, 0.2) is 39.5 Å². The Morgan fingerprint density at radius 2 is 1.90 bits per heavy atom. The summed E-state index contributed by atoms with van der Waals surface area (Å²) in [5.41, 5.74) is 0.137. The van der Waals surface area contributed by atoms with Gasteiger partial charge in [0.2, 0.25) is 0 Å². The van der Waals surface area contributed by atoms with Gasteiger partial charge in [-0.3, -0.25) is 4.79 Å². The van der Waals surface area contributed by atoms with Crippen molar-refractivity contribution in [3.8, 4) is 11.5 Å². The van der Waals surface area contributed by atoms with Gasteiger partial charge in [0.05, 0.1) is 5.56 Å². The Bertz CT molecular complexity index is 836. The lowest BCUT2D eigenvalue weighted by Crippen LogP contribution is -2.06. The largest absolute Gasteiger partial charge is 0.453 e. The van der Waals surface area contributed by atoms with Crippen LogP contribution in [0.1, 0.15) is 11.1 Å². The fraction of sp³-hybridized carbons (Fsp3) is 0.143. The number of hydrogen-bond acceptors (Lipinski definition) is 3. The van der Waals surface area contributed by atoms with Crippen LogP contribution >= 0.6 is 0 Å².